The number of para-hydroxylation sites is 1. The molecule has 2 atom stereocenters. The fourth-order valence-electron chi connectivity index (χ4n) is 2.46. The Bertz CT molecular complexity index is 644. The molecule has 4 nitrogen and oxygen atoms in total. The van der Waals surface area contributed by atoms with Gasteiger partial charge in [0.05, 0.1) is 0 Å². The van der Waals surface area contributed by atoms with Gasteiger partial charge in [0.1, 0.15) is 5.54 Å². The number of primary amides is 1. The number of fused-ring (bicyclic) bond motifs is 1. The summed E-state index contributed by atoms with van der Waals surface area (Å²) in [5.41, 5.74) is 12.4. The first kappa shape index (κ1) is 13.4. The van der Waals surface area contributed by atoms with E-state index in [1.54, 1.807) is 6.08 Å². The third kappa shape index (κ3) is 1.85. The highest BCUT2D eigenvalue weighted by atomic mass is 16.1. The van der Waals surface area contributed by atoms with Gasteiger partial charge in [0.2, 0.25) is 5.91 Å². The minimum absolute atomic E-state index is 0.254. The monoisotopic (exact) mass is 257 g/mol. The summed E-state index contributed by atoms with van der Waals surface area (Å²) in [4.78, 5) is 11.9. The van der Waals surface area contributed by atoms with E-state index < -0.39 is 11.4 Å². The molecule has 2 unspecified atom stereocenters. The van der Waals surface area contributed by atoms with E-state index in [0.29, 0.717) is 0 Å². The molecule has 0 aliphatic heterocycles. The lowest BCUT2D eigenvalue weighted by Crippen LogP contribution is -2.53. The molecule has 0 aliphatic rings. The molecular formula is C15H19N3O. The van der Waals surface area contributed by atoms with E-state index in [9.17, 15) is 4.79 Å². The maximum Gasteiger partial charge on any atom is 0.242 e. The van der Waals surface area contributed by atoms with E-state index in [1.165, 1.54) is 0 Å². The van der Waals surface area contributed by atoms with Crippen molar-refractivity contribution in [1.82, 2.24) is 4.57 Å². The predicted molar refractivity (Wildman–Crippen MR) is 77.3 cm³/mol. The molecule has 0 fully saturated rings. The van der Waals surface area contributed by atoms with E-state index in [0.717, 1.165) is 16.5 Å². The summed E-state index contributed by atoms with van der Waals surface area (Å²) in [5.74, 6) is -0.799. The van der Waals surface area contributed by atoms with Crippen LogP contribution >= 0.6 is 0 Å². The minimum atomic E-state index is -1.25. The summed E-state index contributed by atoms with van der Waals surface area (Å²) in [5, 5.41) is 0.944. The number of benzene rings is 1. The average molecular weight is 257 g/mol. The molecule has 1 amide bonds. The van der Waals surface area contributed by atoms with Crippen LogP contribution in [0.15, 0.2) is 43.1 Å². The normalized spacial score (nSPS) is 15.9. The van der Waals surface area contributed by atoms with E-state index in [1.807, 2.05) is 49.0 Å². The second-order valence-electron chi connectivity index (χ2n) is 4.93. The summed E-state index contributed by atoms with van der Waals surface area (Å²) in [7, 11) is 1.92. The van der Waals surface area contributed by atoms with Gasteiger partial charge in [-0.2, -0.15) is 0 Å². The second-order valence-corrected chi connectivity index (χ2v) is 4.93. The van der Waals surface area contributed by atoms with Gasteiger partial charge in [0.25, 0.3) is 0 Å². The van der Waals surface area contributed by atoms with Crippen LogP contribution in [0, 0.1) is 5.92 Å². The Balaban J connectivity index is 2.77. The lowest BCUT2D eigenvalue weighted by Gasteiger charge is -2.30. The van der Waals surface area contributed by atoms with Crippen LogP contribution in [-0.2, 0) is 17.4 Å². The zero-order valence-electron chi connectivity index (χ0n) is 11.3. The van der Waals surface area contributed by atoms with Crippen LogP contribution in [0.1, 0.15) is 12.5 Å². The van der Waals surface area contributed by atoms with Gasteiger partial charge in [0, 0.05) is 35.6 Å². The maximum absolute atomic E-state index is 11.9. The topological polar surface area (TPSA) is 74.0 Å². The minimum Gasteiger partial charge on any atom is -0.368 e. The Hall–Kier alpha value is -2.07. The van der Waals surface area contributed by atoms with Gasteiger partial charge >= 0.3 is 0 Å². The maximum atomic E-state index is 11.9. The van der Waals surface area contributed by atoms with Gasteiger partial charge in [-0.15, -0.1) is 6.58 Å². The lowest BCUT2D eigenvalue weighted by atomic mass is 9.79. The molecule has 100 valence electrons. The van der Waals surface area contributed by atoms with Crippen molar-refractivity contribution >= 4 is 16.8 Å². The largest absolute Gasteiger partial charge is 0.368 e. The van der Waals surface area contributed by atoms with Crippen molar-refractivity contribution in [3.63, 3.8) is 0 Å². The van der Waals surface area contributed by atoms with Crippen LogP contribution in [0.5, 0.6) is 0 Å². The SMILES string of the molecule is C=CC(C)C(N)(C(N)=O)c1cn(C)c2ccccc12. The van der Waals surface area contributed by atoms with Crippen LogP contribution in [0.3, 0.4) is 0 Å². The first-order valence-corrected chi connectivity index (χ1v) is 6.18. The number of amides is 1. The second kappa shape index (κ2) is 4.55. The van der Waals surface area contributed by atoms with Gasteiger partial charge in [-0.1, -0.05) is 31.2 Å². The highest BCUT2D eigenvalue weighted by Gasteiger charge is 2.40. The zero-order chi connectivity index (χ0) is 14.2. The number of carbonyl (C=O) groups excluding carboxylic acids is 1. The van der Waals surface area contributed by atoms with Gasteiger partial charge in [0.15, 0.2) is 0 Å². The third-order valence-electron chi connectivity index (χ3n) is 3.82. The molecule has 4 N–H and O–H groups in total. The molecule has 2 rings (SSSR count). The average Bonchev–Trinajstić information content (AvgIpc) is 2.75. The molecule has 0 aliphatic carbocycles. The van der Waals surface area contributed by atoms with Crippen LogP contribution in [0.4, 0.5) is 0 Å². The number of aryl methyl sites for hydroxylation is 1. The molecule has 1 aromatic carbocycles. The number of nitrogens with zero attached hydrogens (tertiary/aromatic N) is 1. The van der Waals surface area contributed by atoms with Gasteiger partial charge in [-0.25, -0.2) is 0 Å². The zero-order valence-corrected chi connectivity index (χ0v) is 11.3. The Morgan fingerprint density at radius 2 is 2.11 bits per heavy atom. The quantitative estimate of drug-likeness (QED) is 0.817. The van der Waals surface area contributed by atoms with Crippen molar-refractivity contribution < 1.29 is 4.79 Å². The Morgan fingerprint density at radius 1 is 1.47 bits per heavy atom. The predicted octanol–water partition coefficient (Wildman–Crippen LogP) is 1.64. The number of hydrogen-bond donors (Lipinski definition) is 2. The smallest absolute Gasteiger partial charge is 0.242 e. The number of nitrogens with two attached hydrogens (primary N) is 2. The Labute approximate surface area is 112 Å². The van der Waals surface area contributed by atoms with Crippen molar-refractivity contribution in [2.45, 2.75) is 12.5 Å². The molecule has 0 spiro atoms. The summed E-state index contributed by atoms with van der Waals surface area (Å²) in [6.07, 6.45) is 3.53. The Kier molecular flexibility index (Phi) is 3.20. The number of carbonyl (C=O) groups is 1. The number of rotatable bonds is 4. The summed E-state index contributed by atoms with van der Waals surface area (Å²) >= 11 is 0. The number of hydrogen-bond acceptors (Lipinski definition) is 2. The van der Waals surface area contributed by atoms with Gasteiger partial charge in [-0.3, -0.25) is 4.79 Å². The molecule has 1 aromatic heterocycles. The van der Waals surface area contributed by atoms with Gasteiger partial charge in [-0.05, 0) is 6.07 Å². The first-order valence-electron chi connectivity index (χ1n) is 6.18. The Morgan fingerprint density at radius 3 is 2.68 bits per heavy atom. The molecule has 4 heteroatoms. The molecule has 1 heterocycles. The van der Waals surface area contributed by atoms with Crippen molar-refractivity contribution in [1.29, 1.82) is 0 Å². The molecule has 0 radical (unpaired) electrons. The van der Waals surface area contributed by atoms with Crippen molar-refractivity contribution in [3.8, 4) is 0 Å². The standard InChI is InChI=1S/C15H19N3O/c1-4-10(2)15(17,14(16)19)12-9-18(3)13-8-6-5-7-11(12)13/h4-10H,1,17H2,2-3H3,(H2,16,19). The highest BCUT2D eigenvalue weighted by molar-refractivity contribution is 5.94. The summed E-state index contributed by atoms with van der Waals surface area (Å²) < 4.78 is 1.95. The third-order valence-corrected chi connectivity index (χ3v) is 3.82. The van der Waals surface area contributed by atoms with E-state index >= 15 is 0 Å². The van der Waals surface area contributed by atoms with E-state index in [-0.39, 0.29) is 5.92 Å². The first-order chi connectivity index (χ1) is 8.92. The molecule has 19 heavy (non-hydrogen) atoms. The molecule has 0 saturated carbocycles. The fourth-order valence-corrected chi connectivity index (χ4v) is 2.46. The highest BCUT2D eigenvalue weighted by Crippen LogP contribution is 2.34. The lowest BCUT2D eigenvalue weighted by molar-refractivity contribution is -0.124. The van der Waals surface area contributed by atoms with Crippen molar-refractivity contribution in [2.24, 2.45) is 24.4 Å². The van der Waals surface area contributed by atoms with Crippen LogP contribution in [0.2, 0.25) is 0 Å². The van der Waals surface area contributed by atoms with Crippen LogP contribution < -0.4 is 11.5 Å². The van der Waals surface area contributed by atoms with Crippen LogP contribution in [-0.4, -0.2) is 10.5 Å². The van der Waals surface area contributed by atoms with Crippen LogP contribution in [0.25, 0.3) is 10.9 Å². The van der Waals surface area contributed by atoms with Crippen molar-refractivity contribution in [3.05, 3.63) is 48.7 Å². The van der Waals surface area contributed by atoms with E-state index in [2.05, 4.69) is 6.58 Å². The molecular weight excluding hydrogens is 238 g/mol. The summed E-state index contributed by atoms with van der Waals surface area (Å²) in [6, 6.07) is 7.81. The molecule has 2 aromatic rings. The van der Waals surface area contributed by atoms with Crippen molar-refractivity contribution in [2.75, 3.05) is 0 Å². The van der Waals surface area contributed by atoms with Gasteiger partial charge < -0.3 is 16.0 Å². The fraction of sp³-hybridized carbons (Fsp3) is 0.267. The molecule has 0 saturated heterocycles. The van der Waals surface area contributed by atoms with E-state index in [4.69, 9.17) is 11.5 Å². The molecule has 0 bridgehead atoms. The number of aromatic nitrogens is 1. The summed E-state index contributed by atoms with van der Waals surface area (Å²) in [6.45, 7) is 5.57.